The minimum atomic E-state index is -0.906. The van der Waals surface area contributed by atoms with Crippen LogP contribution >= 0.6 is 0 Å². The van der Waals surface area contributed by atoms with Crippen LogP contribution in [-0.4, -0.2) is 84.8 Å². The summed E-state index contributed by atoms with van der Waals surface area (Å²) in [6.45, 7) is 7.37. The van der Waals surface area contributed by atoms with Crippen LogP contribution in [0.1, 0.15) is 72.1 Å². The number of nitrogens with two attached hydrogens (primary N) is 4. The Hall–Kier alpha value is -2.93. The average Bonchev–Trinajstić information content (AvgIpc) is 3.34. The maximum atomic E-state index is 13.6. The summed E-state index contributed by atoms with van der Waals surface area (Å²) in [4.78, 5) is 57.7. The van der Waals surface area contributed by atoms with E-state index in [0.717, 1.165) is 6.42 Å². The first-order chi connectivity index (χ1) is 18.0. The van der Waals surface area contributed by atoms with E-state index >= 15 is 0 Å². The molecule has 0 aromatic heterocycles. The number of carbonyl (C=O) groups excluding carboxylic acids is 4. The predicted octanol–water partition coefficient (Wildman–Crippen LogP) is -1.36. The van der Waals surface area contributed by atoms with Crippen LogP contribution in [-0.2, 0) is 19.2 Å². The highest BCUT2D eigenvalue weighted by Gasteiger charge is 2.38. The van der Waals surface area contributed by atoms with Gasteiger partial charge in [-0.05, 0) is 64.3 Å². The molecule has 218 valence electrons. The first-order valence-electron chi connectivity index (χ1n) is 13.7. The number of carbonyl (C=O) groups is 4. The fourth-order valence-corrected chi connectivity index (χ4v) is 4.45. The van der Waals surface area contributed by atoms with Crippen molar-refractivity contribution in [3.8, 4) is 0 Å². The third kappa shape index (κ3) is 11.6. The lowest BCUT2D eigenvalue weighted by Gasteiger charge is -2.30. The second-order valence-corrected chi connectivity index (χ2v) is 10.2. The summed E-state index contributed by atoms with van der Waals surface area (Å²) in [6, 6.07) is -3.12. The number of nitrogens with one attached hydrogen (secondary N) is 3. The van der Waals surface area contributed by atoms with Crippen LogP contribution in [0.5, 0.6) is 0 Å². The molecule has 0 radical (unpaired) electrons. The maximum absolute atomic E-state index is 13.6. The Balaban J connectivity index is 3.03. The minimum Gasteiger partial charge on any atom is -0.370 e. The number of likely N-dealkylation sites (tertiary alicyclic amines) is 1. The SMILES string of the molecule is CCNC(=O)[C@@H]1CCCN1C(=O)[C@H](CCCN=C(N)N)NC(=O)[C@H](CC(C)C)NC(=O)[C@@H](N)CCCCN. The van der Waals surface area contributed by atoms with Crippen LogP contribution in [0, 0.1) is 5.92 Å². The lowest BCUT2D eigenvalue weighted by Crippen LogP contribution is -2.58. The Morgan fingerprint density at radius 3 is 2.29 bits per heavy atom. The van der Waals surface area contributed by atoms with Gasteiger partial charge in [0.2, 0.25) is 23.6 Å². The summed E-state index contributed by atoms with van der Waals surface area (Å²) in [5, 5.41) is 8.37. The molecule has 0 aromatic rings. The Bertz CT molecular complexity index is 802. The zero-order valence-electron chi connectivity index (χ0n) is 23.2. The molecular weight excluding hydrogens is 490 g/mol. The molecule has 0 bridgehead atoms. The first-order valence-corrected chi connectivity index (χ1v) is 13.7. The zero-order valence-corrected chi connectivity index (χ0v) is 23.2. The molecule has 1 rings (SSSR count). The van der Waals surface area contributed by atoms with Gasteiger partial charge in [0.05, 0.1) is 6.04 Å². The number of guanidine groups is 1. The van der Waals surface area contributed by atoms with Crippen molar-refractivity contribution >= 4 is 29.6 Å². The smallest absolute Gasteiger partial charge is 0.245 e. The highest BCUT2D eigenvalue weighted by molar-refractivity contribution is 5.95. The Kier molecular flexibility index (Phi) is 15.3. The number of amides is 4. The third-order valence-electron chi connectivity index (χ3n) is 6.40. The van der Waals surface area contributed by atoms with Gasteiger partial charge < -0.3 is 43.8 Å². The molecule has 1 aliphatic heterocycles. The Morgan fingerprint density at radius 2 is 1.68 bits per heavy atom. The number of nitrogens with zero attached hydrogens (tertiary/aromatic N) is 2. The van der Waals surface area contributed by atoms with E-state index in [-0.39, 0.29) is 36.7 Å². The molecular formula is C25H49N9O4. The number of aliphatic imine (C=N–C) groups is 1. The van der Waals surface area contributed by atoms with Crippen molar-refractivity contribution in [2.45, 2.75) is 96.3 Å². The van der Waals surface area contributed by atoms with Crippen molar-refractivity contribution in [3.05, 3.63) is 0 Å². The number of hydrogen-bond donors (Lipinski definition) is 7. The Labute approximate surface area is 226 Å². The van der Waals surface area contributed by atoms with Crippen molar-refractivity contribution in [2.75, 3.05) is 26.2 Å². The van der Waals surface area contributed by atoms with E-state index in [4.69, 9.17) is 22.9 Å². The molecule has 0 unspecified atom stereocenters. The van der Waals surface area contributed by atoms with Crippen LogP contribution in [0.2, 0.25) is 0 Å². The van der Waals surface area contributed by atoms with E-state index in [2.05, 4.69) is 20.9 Å². The number of unbranched alkanes of at least 4 members (excludes halogenated alkanes) is 1. The van der Waals surface area contributed by atoms with Gasteiger partial charge in [-0.2, -0.15) is 0 Å². The summed E-state index contributed by atoms with van der Waals surface area (Å²) in [6.07, 6.45) is 4.24. The molecule has 4 amide bonds. The number of hydrogen-bond acceptors (Lipinski definition) is 7. The molecule has 0 aliphatic carbocycles. The van der Waals surface area contributed by atoms with Crippen molar-refractivity contribution in [1.29, 1.82) is 0 Å². The lowest BCUT2D eigenvalue weighted by molar-refractivity contribution is -0.142. The van der Waals surface area contributed by atoms with Gasteiger partial charge in [-0.15, -0.1) is 0 Å². The van der Waals surface area contributed by atoms with Gasteiger partial charge in [-0.1, -0.05) is 20.3 Å². The van der Waals surface area contributed by atoms with E-state index in [1.165, 1.54) is 4.90 Å². The van der Waals surface area contributed by atoms with E-state index in [1.54, 1.807) is 0 Å². The topological polar surface area (TPSA) is 224 Å². The van der Waals surface area contributed by atoms with E-state index in [9.17, 15) is 19.2 Å². The maximum Gasteiger partial charge on any atom is 0.245 e. The fraction of sp³-hybridized carbons (Fsp3) is 0.800. The third-order valence-corrected chi connectivity index (χ3v) is 6.40. The van der Waals surface area contributed by atoms with Crippen LogP contribution < -0.4 is 38.9 Å². The van der Waals surface area contributed by atoms with Gasteiger partial charge in [0.25, 0.3) is 0 Å². The van der Waals surface area contributed by atoms with Crippen molar-refractivity contribution in [1.82, 2.24) is 20.9 Å². The van der Waals surface area contributed by atoms with Gasteiger partial charge in [-0.3, -0.25) is 24.2 Å². The van der Waals surface area contributed by atoms with Gasteiger partial charge in [-0.25, -0.2) is 0 Å². The van der Waals surface area contributed by atoms with Gasteiger partial charge in [0.15, 0.2) is 5.96 Å². The van der Waals surface area contributed by atoms with E-state index in [1.807, 2.05) is 20.8 Å². The second kappa shape index (κ2) is 17.6. The van der Waals surface area contributed by atoms with E-state index < -0.39 is 36.0 Å². The summed E-state index contributed by atoms with van der Waals surface area (Å²) >= 11 is 0. The van der Waals surface area contributed by atoms with Gasteiger partial charge in [0, 0.05) is 19.6 Å². The second-order valence-electron chi connectivity index (χ2n) is 10.2. The lowest BCUT2D eigenvalue weighted by atomic mass is 10.0. The van der Waals surface area contributed by atoms with Crippen LogP contribution in [0.25, 0.3) is 0 Å². The van der Waals surface area contributed by atoms with Crippen LogP contribution in [0.4, 0.5) is 0 Å². The molecule has 1 heterocycles. The average molecular weight is 540 g/mol. The first kappa shape index (κ1) is 33.1. The summed E-state index contributed by atoms with van der Waals surface area (Å²) < 4.78 is 0. The molecule has 0 aromatic carbocycles. The van der Waals surface area contributed by atoms with Crippen LogP contribution in [0.3, 0.4) is 0 Å². The fourth-order valence-electron chi connectivity index (χ4n) is 4.45. The van der Waals surface area contributed by atoms with Crippen LogP contribution in [0.15, 0.2) is 4.99 Å². The predicted molar refractivity (Wildman–Crippen MR) is 148 cm³/mol. The zero-order chi connectivity index (χ0) is 28.7. The molecule has 0 saturated carbocycles. The number of rotatable bonds is 17. The van der Waals surface area contributed by atoms with Crippen molar-refractivity contribution < 1.29 is 19.2 Å². The molecule has 4 atom stereocenters. The highest BCUT2D eigenvalue weighted by atomic mass is 16.2. The molecule has 1 fully saturated rings. The molecule has 13 nitrogen and oxygen atoms in total. The van der Waals surface area contributed by atoms with E-state index in [0.29, 0.717) is 58.2 Å². The molecule has 38 heavy (non-hydrogen) atoms. The number of likely N-dealkylation sites (N-methyl/N-ethyl adjacent to an activating group) is 1. The normalized spacial score (nSPS) is 17.4. The summed E-state index contributed by atoms with van der Waals surface area (Å²) in [5.41, 5.74) is 22.4. The molecule has 1 aliphatic rings. The Morgan fingerprint density at radius 1 is 1.00 bits per heavy atom. The van der Waals surface area contributed by atoms with Gasteiger partial charge >= 0.3 is 0 Å². The van der Waals surface area contributed by atoms with Crippen molar-refractivity contribution in [2.24, 2.45) is 33.8 Å². The standard InChI is InChI=1S/C25H49N9O4/c1-4-30-23(37)20-11-8-14-34(20)24(38)18(10-7-13-31-25(28)29)32-22(36)19(15-16(2)3)33-21(35)17(27)9-5-6-12-26/h16-20H,4-15,26-27H2,1-3H3,(H,30,37)(H,32,36)(H,33,35)(H4,28,29,31)/t17-,18-,19-,20-/m0/s1. The molecule has 13 heteroatoms. The molecule has 11 N–H and O–H groups in total. The quantitative estimate of drug-likeness (QED) is 0.0662. The minimum absolute atomic E-state index is 0.0599. The highest BCUT2D eigenvalue weighted by Crippen LogP contribution is 2.20. The summed E-state index contributed by atoms with van der Waals surface area (Å²) in [5.74, 6) is -1.42. The largest absolute Gasteiger partial charge is 0.370 e. The molecule has 0 spiro atoms. The van der Waals surface area contributed by atoms with Gasteiger partial charge in [0.1, 0.15) is 18.1 Å². The molecule has 1 saturated heterocycles. The monoisotopic (exact) mass is 539 g/mol. The summed E-state index contributed by atoms with van der Waals surface area (Å²) in [7, 11) is 0. The van der Waals surface area contributed by atoms with Crippen molar-refractivity contribution in [3.63, 3.8) is 0 Å².